The van der Waals surface area contributed by atoms with Gasteiger partial charge in [-0.15, -0.1) is 0 Å². The van der Waals surface area contributed by atoms with Crippen LogP contribution in [-0.2, 0) is 22.7 Å². The van der Waals surface area contributed by atoms with E-state index in [0.717, 1.165) is 11.1 Å². The molecule has 0 saturated carbocycles. The van der Waals surface area contributed by atoms with Crippen molar-refractivity contribution < 1.29 is 19.1 Å². The van der Waals surface area contributed by atoms with Crippen LogP contribution in [0, 0.1) is 0 Å². The van der Waals surface area contributed by atoms with Crippen molar-refractivity contribution in [2.45, 2.75) is 39.5 Å². The number of rotatable bonds is 8. The lowest BCUT2D eigenvalue weighted by Gasteiger charge is -2.18. The Kier molecular flexibility index (Phi) is 8.03. The van der Waals surface area contributed by atoms with Gasteiger partial charge in [0.25, 0.3) is 5.91 Å². The minimum absolute atomic E-state index is 0.257. The van der Waals surface area contributed by atoms with E-state index in [4.69, 9.17) is 9.47 Å². The molecule has 0 spiro atoms. The molecule has 1 amide bonds. The molecular formula is C28H29NO4. The van der Waals surface area contributed by atoms with E-state index in [1.165, 1.54) is 6.08 Å². The predicted octanol–water partition coefficient (Wildman–Crippen LogP) is 5.55. The maximum Gasteiger partial charge on any atom is 0.331 e. The molecule has 0 aromatic heterocycles. The number of carbonyl (C=O) groups is 2. The summed E-state index contributed by atoms with van der Waals surface area (Å²) in [5.41, 5.74) is 2.44. The fraction of sp³-hybridized carbons (Fsp3) is 0.214. The molecule has 0 aliphatic rings. The van der Waals surface area contributed by atoms with Crippen LogP contribution in [0.2, 0.25) is 0 Å². The van der Waals surface area contributed by atoms with Gasteiger partial charge in [-0.1, -0.05) is 66.7 Å². The maximum atomic E-state index is 13.0. The third-order valence-electron chi connectivity index (χ3n) is 4.62. The Morgan fingerprint density at radius 1 is 0.879 bits per heavy atom. The third kappa shape index (κ3) is 7.96. The maximum absolute atomic E-state index is 13.0. The Labute approximate surface area is 195 Å². The highest BCUT2D eigenvalue weighted by Crippen LogP contribution is 2.21. The number of carbonyl (C=O) groups excluding carboxylic acids is 2. The van der Waals surface area contributed by atoms with Crippen LogP contribution in [0.1, 0.15) is 47.8 Å². The van der Waals surface area contributed by atoms with Crippen LogP contribution < -0.4 is 10.1 Å². The standard InChI is InChI=1S/C28H29NO4/c1-28(2,3)33-26(30)17-15-23-14-16-24(32-20-22-12-8-5-9-13-22)18-25(23)27(31)29-19-21-10-6-4-7-11-21/h4-18H,19-20H2,1-3H3,(H,29,31). The lowest BCUT2D eigenvalue weighted by Crippen LogP contribution is -2.24. The van der Waals surface area contributed by atoms with Crippen LogP contribution in [0.3, 0.4) is 0 Å². The molecule has 1 N–H and O–H groups in total. The highest BCUT2D eigenvalue weighted by Gasteiger charge is 2.15. The number of ether oxygens (including phenoxy) is 2. The summed E-state index contributed by atoms with van der Waals surface area (Å²) in [4.78, 5) is 25.1. The molecule has 0 aliphatic heterocycles. The smallest absolute Gasteiger partial charge is 0.331 e. The second kappa shape index (κ2) is 11.1. The van der Waals surface area contributed by atoms with E-state index >= 15 is 0 Å². The highest BCUT2D eigenvalue weighted by molar-refractivity contribution is 5.99. The molecule has 5 nitrogen and oxygen atoms in total. The lowest BCUT2D eigenvalue weighted by atomic mass is 10.1. The Morgan fingerprint density at radius 3 is 2.15 bits per heavy atom. The molecule has 170 valence electrons. The number of benzene rings is 3. The summed E-state index contributed by atoms with van der Waals surface area (Å²) in [7, 11) is 0. The summed E-state index contributed by atoms with van der Waals surface area (Å²) in [6.07, 6.45) is 2.92. The molecule has 3 aromatic rings. The van der Waals surface area contributed by atoms with Crippen LogP contribution in [-0.4, -0.2) is 17.5 Å². The number of amides is 1. The summed E-state index contributed by atoms with van der Waals surface area (Å²) in [6.45, 7) is 6.20. The molecule has 0 fully saturated rings. The SMILES string of the molecule is CC(C)(C)OC(=O)C=Cc1ccc(OCc2ccccc2)cc1C(=O)NCc1ccccc1. The van der Waals surface area contributed by atoms with Gasteiger partial charge in [0.1, 0.15) is 18.0 Å². The molecule has 0 unspecified atom stereocenters. The predicted molar refractivity (Wildman–Crippen MR) is 130 cm³/mol. The molecular weight excluding hydrogens is 414 g/mol. The first-order valence-electron chi connectivity index (χ1n) is 10.8. The Hall–Kier alpha value is -3.86. The zero-order valence-electron chi connectivity index (χ0n) is 19.2. The van der Waals surface area contributed by atoms with Gasteiger partial charge in [0, 0.05) is 12.6 Å². The first-order chi connectivity index (χ1) is 15.8. The molecule has 3 aromatic carbocycles. The second-order valence-corrected chi connectivity index (χ2v) is 8.56. The van der Waals surface area contributed by atoms with Crippen LogP contribution >= 0.6 is 0 Å². The summed E-state index contributed by atoms with van der Waals surface area (Å²) >= 11 is 0. The number of esters is 1. The number of nitrogens with one attached hydrogen (secondary N) is 1. The van der Waals surface area contributed by atoms with Gasteiger partial charge >= 0.3 is 5.97 Å². The Morgan fingerprint density at radius 2 is 1.52 bits per heavy atom. The molecule has 33 heavy (non-hydrogen) atoms. The molecule has 0 bridgehead atoms. The van der Waals surface area contributed by atoms with Gasteiger partial charge in [-0.2, -0.15) is 0 Å². The average Bonchev–Trinajstić information content (AvgIpc) is 2.80. The molecule has 0 aliphatic carbocycles. The first-order valence-corrected chi connectivity index (χ1v) is 10.8. The fourth-order valence-corrected chi connectivity index (χ4v) is 3.08. The summed E-state index contributed by atoms with van der Waals surface area (Å²) in [5.74, 6) is -0.159. The van der Waals surface area contributed by atoms with Gasteiger partial charge in [-0.05, 0) is 55.7 Å². The minimum atomic E-state index is -0.591. The fourth-order valence-electron chi connectivity index (χ4n) is 3.08. The highest BCUT2D eigenvalue weighted by atomic mass is 16.6. The van der Waals surface area contributed by atoms with Gasteiger partial charge in [-0.3, -0.25) is 4.79 Å². The van der Waals surface area contributed by atoms with E-state index in [2.05, 4.69) is 5.32 Å². The van der Waals surface area contributed by atoms with Gasteiger partial charge < -0.3 is 14.8 Å². The van der Waals surface area contributed by atoms with Crippen molar-refractivity contribution in [1.82, 2.24) is 5.32 Å². The van der Waals surface area contributed by atoms with E-state index < -0.39 is 11.6 Å². The largest absolute Gasteiger partial charge is 0.489 e. The molecule has 3 rings (SSSR count). The Bertz CT molecular complexity index is 1100. The number of hydrogen-bond acceptors (Lipinski definition) is 4. The summed E-state index contributed by atoms with van der Waals surface area (Å²) < 4.78 is 11.2. The molecule has 0 radical (unpaired) electrons. The van der Waals surface area contributed by atoms with Crippen molar-refractivity contribution >= 4 is 18.0 Å². The van der Waals surface area contributed by atoms with E-state index in [0.29, 0.717) is 30.0 Å². The van der Waals surface area contributed by atoms with Gasteiger partial charge in [-0.25, -0.2) is 4.79 Å². The monoisotopic (exact) mass is 443 g/mol. The van der Waals surface area contributed by atoms with Crippen LogP contribution in [0.25, 0.3) is 6.08 Å². The molecule has 0 atom stereocenters. The van der Waals surface area contributed by atoms with Crippen molar-refractivity contribution in [1.29, 1.82) is 0 Å². The minimum Gasteiger partial charge on any atom is -0.489 e. The number of hydrogen-bond donors (Lipinski definition) is 1. The van der Waals surface area contributed by atoms with Gasteiger partial charge in [0.05, 0.1) is 5.56 Å². The van der Waals surface area contributed by atoms with E-state index in [9.17, 15) is 9.59 Å². The summed E-state index contributed by atoms with van der Waals surface area (Å²) in [5, 5.41) is 2.94. The Balaban J connectivity index is 1.79. The zero-order valence-corrected chi connectivity index (χ0v) is 19.2. The average molecular weight is 444 g/mol. The zero-order chi connectivity index (χ0) is 23.7. The van der Waals surface area contributed by atoms with Crippen molar-refractivity contribution in [2.75, 3.05) is 0 Å². The van der Waals surface area contributed by atoms with Crippen LogP contribution in [0.4, 0.5) is 0 Å². The third-order valence-corrected chi connectivity index (χ3v) is 4.62. The first kappa shape index (κ1) is 23.8. The van der Waals surface area contributed by atoms with E-state index in [1.807, 2.05) is 60.7 Å². The van der Waals surface area contributed by atoms with Crippen molar-refractivity contribution in [3.8, 4) is 5.75 Å². The van der Waals surface area contributed by atoms with Crippen molar-refractivity contribution in [3.63, 3.8) is 0 Å². The second-order valence-electron chi connectivity index (χ2n) is 8.56. The topological polar surface area (TPSA) is 64.6 Å². The van der Waals surface area contributed by atoms with Crippen LogP contribution in [0.15, 0.2) is 84.9 Å². The van der Waals surface area contributed by atoms with Gasteiger partial charge in [0.2, 0.25) is 0 Å². The van der Waals surface area contributed by atoms with E-state index in [1.54, 1.807) is 45.0 Å². The summed E-state index contributed by atoms with van der Waals surface area (Å²) in [6, 6.07) is 24.7. The molecule has 5 heteroatoms. The van der Waals surface area contributed by atoms with E-state index in [-0.39, 0.29) is 5.91 Å². The molecule has 0 heterocycles. The molecule has 0 saturated heterocycles. The van der Waals surface area contributed by atoms with Crippen molar-refractivity contribution in [2.24, 2.45) is 0 Å². The quantitative estimate of drug-likeness (QED) is 0.366. The lowest BCUT2D eigenvalue weighted by molar-refractivity contribution is -0.148. The van der Waals surface area contributed by atoms with Crippen LogP contribution in [0.5, 0.6) is 5.75 Å². The normalized spacial score (nSPS) is 11.2. The van der Waals surface area contributed by atoms with Crippen molar-refractivity contribution in [3.05, 3.63) is 107 Å². The van der Waals surface area contributed by atoms with Gasteiger partial charge in [0.15, 0.2) is 0 Å².